The van der Waals surface area contributed by atoms with Crippen LogP contribution in [0.3, 0.4) is 0 Å². The van der Waals surface area contributed by atoms with Crippen LogP contribution in [0.15, 0.2) is 23.2 Å². The molecule has 1 unspecified atom stereocenters. The van der Waals surface area contributed by atoms with E-state index in [0.29, 0.717) is 0 Å². The van der Waals surface area contributed by atoms with Gasteiger partial charge in [-0.2, -0.15) is 0 Å². The molecule has 1 aliphatic heterocycles. The number of carbonyl (C=O) groups is 1. The average Bonchev–Trinajstić information content (AvgIpc) is 2.56. The summed E-state index contributed by atoms with van der Waals surface area (Å²) in [6.07, 6.45) is 0. The number of hydrogen-bond donors (Lipinski definition) is 2. The van der Waals surface area contributed by atoms with Gasteiger partial charge < -0.3 is 5.32 Å². The van der Waals surface area contributed by atoms with Crippen molar-refractivity contribution in [2.45, 2.75) is 38.8 Å². The third-order valence-corrected chi connectivity index (χ3v) is 2.98. The second-order valence-electron chi connectivity index (χ2n) is 5.96. The number of halogens is 2. The molecule has 4 nitrogen and oxygen atoms in total. The van der Waals surface area contributed by atoms with Crippen LogP contribution in [0.4, 0.5) is 8.78 Å². The standard InChI is InChI=1S/C14H17F2N3O/c1-13(2,3)18-12-17-11(20)14(4,19-12)8-6-5-7-9(15)10(8)16/h5-7H,1-4H3,(H2,17,18,19,20). The van der Waals surface area contributed by atoms with Crippen LogP contribution in [-0.2, 0) is 10.3 Å². The van der Waals surface area contributed by atoms with Crippen LogP contribution in [0, 0.1) is 11.6 Å². The lowest BCUT2D eigenvalue weighted by molar-refractivity contribution is -0.123. The Morgan fingerprint density at radius 3 is 2.55 bits per heavy atom. The van der Waals surface area contributed by atoms with E-state index in [1.807, 2.05) is 20.8 Å². The lowest BCUT2D eigenvalue weighted by atomic mass is 9.92. The van der Waals surface area contributed by atoms with Crippen molar-refractivity contribution in [3.63, 3.8) is 0 Å². The predicted molar refractivity (Wildman–Crippen MR) is 72.2 cm³/mol. The molecule has 0 fully saturated rings. The van der Waals surface area contributed by atoms with E-state index in [-0.39, 0.29) is 17.1 Å². The molecule has 6 heteroatoms. The predicted octanol–water partition coefficient (Wildman–Crippen LogP) is 2.05. The molecule has 108 valence electrons. The van der Waals surface area contributed by atoms with Crippen molar-refractivity contribution < 1.29 is 13.6 Å². The largest absolute Gasteiger partial charge is 0.351 e. The second-order valence-corrected chi connectivity index (χ2v) is 5.96. The zero-order valence-corrected chi connectivity index (χ0v) is 11.8. The highest BCUT2D eigenvalue weighted by Gasteiger charge is 2.43. The first-order chi connectivity index (χ1) is 9.13. The fraction of sp³-hybridized carbons (Fsp3) is 0.429. The van der Waals surface area contributed by atoms with Crippen LogP contribution in [0.1, 0.15) is 33.3 Å². The van der Waals surface area contributed by atoms with Crippen LogP contribution in [0.2, 0.25) is 0 Å². The molecule has 0 spiro atoms. The summed E-state index contributed by atoms with van der Waals surface area (Å²) >= 11 is 0. The molecule has 1 atom stereocenters. The number of rotatable bonds is 1. The fourth-order valence-electron chi connectivity index (χ4n) is 2.01. The molecular formula is C14H17F2N3O. The summed E-state index contributed by atoms with van der Waals surface area (Å²) in [6.45, 7) is 7.16. The average molecular weight is 281 g/mol. The van der Waals surface area contributed by atoms with Crippen molar-refractivity contribution in [3.05, 3.63) is 35.4 Å². The van der Waals surface area contributed by atoms with E-state index in [9.17, 15) is 13.6 Å². The number of nitrogens with zero attached hydrogens (tertiary/aromatic N) is 1. The van der Waals surface area contributed by atoms with Gasteiger partial charge >= 0.3 is 0 Å². The van der Waals surface area contributed by atoms with Crippen molar-refractivity contribution >= 4 is 11.9 Å². The van der Waals surface area contributed by atoms with Crippen molar-refractivity contribution in [1.29, 1.82) is 0 Å². The number of nitrogens with one attached hydrogen (secondary N) is 2. The summed E-state index contributed by atoms with van der Waals surface area (Å²) in [5.74, 6) is -2.28. The normalized spacial score (nSPS) is 22.5. The first-order valence-electron chi connectivity index (χ1n) is 6.27. The van der Waals surface area contributed by atoms with Gasteiger partial charge in [0.15, 0.2) is 23.1 Å². The SMILES string of the molecule is CC(C)(C)NC1=NC(C)(c2cccc(F)c2F)C(=O)N1. The highest BCUT2D eigenvalue weighted by molar-refractivity contribution is 6.07. The Balaban J connectivity index is 2.44. The summed E-state index contributed by atoms with van der Waals surface area (Å²) in [5.41, 5.74) is -1.86. The van der Waals surface area contributed by atoms with Crippen molar-refractivity contribution in [2.75, 3.05) is 0 Å². The van der Waals surface area contributed by atoms with E-state index < -0.39 is 23.1 Å². The molecule has 0 aliphatic carbocycles. The molecule has 0 radical (unpaired) electrons. The lowest BCUT2D eigenvalue weighted by Crippen LogP contribution is -2.47. The maximum atomic E-state index is 13.9. The fourth-order valence-corrected chi connectivity index (χ4v) is 2.01. The molecule has 2 rings (SSSR count). The quantitative estimate of drug-likeness (QED) is 0.828. The van der Waals surface area contributed by atoms with Gasteiger partial charge in [-0.1, -0.05) is 12.1 Å². The number of carbonyl (C=O) groups excluding carboxylic acids is 1. The molecule has 0 saturated heterocycles. The molecule has 0 aromatic heterocycles. The summed E-state index contributed by atoms with van der Waals surface area (Å²) < 4.78 is 27.2. The molecule has 1 aromatic rings. The van der Waals surface area contributed by atoms with Gasteiger partial charge in [0.05, 0.1) is 0 Å². The first-order valence-corrected chi connectivity index (χ1v) is 6.27. The van der Waals surface area contributed by atoms with E-state index in [2.05, 4.69) is 15.6 Å². The minimum atomic E-state index is -1.47. The number of hydrogen-bond acceptors (Lipinski definition) is 3. The molecule has 1 heterocycles. The Bertz CT molecular complexity index is 593. The van der Waals surface area contributed by atoms with E-state index in [1.54, 1.807) is 0 Å². The number of benzene rings is 1. The minimum Gasteiger partial charge on any atom is -0.351 e. The number of aliphatic imine (C=N–C) groups is 1. The minimum absolute atomic E-state index is 0.0827. The van der Waals surface area contributed by atoms with Crippen LogP contribution >= 0.6 is 0 Å². The summed E-state index contributed by atoms with van der Waals surface area (Å²) in [5, 5.41) is 5.57. The maximum Gasteiger partial charge on any atom is 0.259 e. The molecule has 0 bridgehead atoms. The molecule has 1 amide bonds. The zero-order valence-electron chi connectivity index (χ0n) is 11.8. The molecule has 1 aromatic carbocycles. The Morgan fingerprint density at radius 2 is 1.95 bits per heavy atom. The van der Waals surface area contributed by atoms with E-state index in [4.69, 9.17) is 0 Å². The third kappa shape index (κ3) is 2.50. The van der Waals surface area contributed by atoms with Crippen molar-refractivity contribution in [3.8, 4) is 0 Å². The topological polar surface area (TPSA) is 53.5 Å². The molecule has 0 saturated carbocycles. The Kier molecular flexibility index (Phi) is 3.28. The smallest absolute Gasteiger partial charge is 0.259 e. The third-order valence-electron chi connectivity index (χ3n) is 2.98. The summed E-state index contributed by atoms with van der Waals surface area (Å²) in [4.78, 5) is 16.3. The van der Waals surface area contributed by atoms with Gasteiger partial charge in [0.2, 0.25) is 0 Å². The number of guanidine groups is 1. The molecule has 2 N–H and O–H groups in total. The van der Waals surface area contributed by atoms with Gasteiger partial charge in [0, 0.05) is 11.1 Å². The molecular weight excluding hydrogens is 264 g/mol. The zero-order chi connectivity index (χ0) is 15.1. The Labute approximate surface area is 116 Å². The van der Waals surface area contributed by atoms with Crippen LogP contribution < -0.4 is 10.6 Å². The molecule has 20 heavy (non-hydrogen) atoms. The summed E-state index contributed by atoms with van der Waals surface area (Å²) in [6, 6.07) is 3.73. The maximum absolute atomic E-state index is 13.9. The van der Waals surface area contributed by atoms with E-state index in [1.165, 1.54) is 19.1 Å². The van der Waals surface area contributed by atoms with Gasteiger partial charge in [-0.05, 0) is 33.8 Å². The van der Waals surface area contributed by atoms with Gasteiger partial charge in [0.25, 0.3) is 5.91 Å². The van der Waals surface area contributed by atoms with Gasteiger partial charge in [-0.3, -0.25) is 10.1 Å². The van der Waals surface area contributed by atoms with Crippen LogP contribution in [-0.4, -0.2) is 17.4 Å². The highest BCUT2D eigenvalue weighted by Crippen LogP contribution is 2.31. The van der Waals surface area contributed by atoms with Gasteiger partial charge in [-0.15, -0.1) is 0 Å². The van der Waals surface area contributed by atoms with Gasteiger partial charge in [-0.25, -0.2) is 13.8 Å². The van der Waals surface area contributed by atoms with Gasteiger partial charge in [0.1, 0.15) is 0 Å². The molecule has 1 aliphatic rings. The summed E-state index contributed by atoms with van der Waals surface area (Å²) in [7, 11) is 0. The first kappa shape index (κ1) is 14.4. The highest BCUT2D eigenvalue weighted by atomic mass is 19.2. The second kappa shape index (κ2) is 4.54. The van der Waals surface area contributed by atoms with E-state index in [0.717, 1.165) is 6.07 Å². The number of amides is 1. The van der Waals surface area contributed by atoms with Crippen LogP contribution in [0.25, 0.3) is 0 Å². The Hall–Kier alpha value is -1.98. The van der Waals surface area contributed by atoms with Crippen molar-refractivity contribution in [2.24, 2.45) is 4.99 Å². The van der Waals surface area contributed by atoms with Crippen LogP contribution in [0.5, 0.6) is 0 Å². The lowest BCUT2D eigenvalue weighted by Gasteiger charge is -2.21. The van der Waals surface area contributed by atoms with Crippen molar-refractivity contribution in [1.82, 2.24) is 10.6 Å². The monoisotopic (exact) mass is 281 g/mol. The Morgan fingerprint density at radius 1 is 1.30 bits per heavy atom. The van der Waals surface area contributed by atoms with E-state index >= 15 is 0 Å².